The van der Waals surface area contributed by atoms with E-state index in [9.17, 15) is 28.2 Å². The Morgan fingerprint density at radius 3 is 2.50 bits per heavy atom. The number of hydrogen-bond acceptors (Lipinski definition) is 6. The van der Waals surface area contributed by atoms with Crippen LogP contribution in [0.3, 0.4) is 0 Å². The molecule has 10 heteroatoms. The van der Waals surface area contributed by atoms with Crippen LogP contribution in [0.1, 0.15) is 23.8 Å². The first-order valence-electron chi connectivity index (χ1n) is 10.5. The third kappa shape index (κ3) is 4.82. The number of hydrogen-bond donors (Lipinski definition) is 3. The lowest BCUT2D eigenvalue weighted by atomic mass is 10.1. The first-order valence-corrected chi connectivity index (χ1v) is 10.5. The molecule has 1 aliphatic rings. The van der Waals surface area contributed by atoms with Crippen LogP contribution in [-0.4, -0.2) is 40.4 Å². The summed E-state index contributed by atoms with van der Waals surface area (Å²) in [6.45, 7) is 0.979. The van der Waals surface area contributed by atoms with Gasteiger partial charge in [-0.05, 0) is 55.0 Å². The van der Waals surface area contributed by atoms with E-state index < -0.39 is 29.9 Å². The van der Waals surface area contributed by atoms with Crippen LogP contribution in [0, 0.1) is 0 Å². The minimum Gasteiger partial charge on any atom is -0.491 e. The van der Waals surface area contributed by atoms with Crippen LogP contribution in [0.4, 0.5) is 24.5 Å². The van der Waals surface area contributed by atoms with Gasteiger partial charge in [-0.2, -0.15) is 13.2 Å². The number of anilines is 2. The van der Waals surface area contributed by atoms with Crippen LogP contribution >= 0.6 is 0 Å². The van der Waals surface area contributed by atoms with Crippen LogP contribution < -0.4 is 15.4 Å². The number of aromatic nitrogens is 1. The Labute approximate surface area is 193 Å². The zero-order chi connectivity index (χ0) is 24.5. The highest BCUT2D eigenvalue weighted by molar-refractivity contribution is 5.79. The zero-order valence-electron chi connectivity index (χ0n) is 17.9. The van der Waals surface area contributed by atoms with Gasteiger partial charge >= 0.3 is 6.18 Å². The molecule has 2 heterocycles. The molecule has 4 N–H and O–H groups in total. The highest BCUT2D eigenvalue weighted by Crippen LogP contribution is 2.39. The molecule has 0 aliphatic carbocycles. The summed E-state index contributed by atoms with van der Waals surface area (Å²) in [4.78, 5) is 17.4. The Hall–Kier alpha value is -3.63. The van der Waals surface area contributed by atoms with Crippen molar-refractivity contribution in [2.45, 2.75) is 24.8 Å². The van der Waals surface area contributed by atoms with Crippen molar-refractivity contribution < 1.29 is 32.9 Å². The van der Waals surface area contributed by atoms with Gasteiger partial charge in [-0.25, -0.2) is 4.98 Å². The van der Waals surface area contributed by atoms with Gasteiger partial charge in [0, 0.05) is 17.8 Å². The second-order valence-electron chi connectivity index (χ2n) is 7.82. The second kappa shape index (κ2) is 9.32. The number of aliphatic hydroxyl groups excluding tert-OH is 2. The number of nitrogens with two attached hydrogens (primary N) is 1. The lowest BCUT2D eigenvalue weighted by molar-refractivity contribution is -0.137. The molecule has 34 heavy (non-hydrogen) atoms. The summed E-state index contributed by atoms with van der Waals surface area (Å²) in [6, 6.07) is 15.1. The lowest BCUT2D eigenvalue weighted by Crippen LogP contribution is -2.34. The zero-order valence-corrected chi connectivity index (χ0v) is 17.9. The van der Waals surface area contributed by atoms with E-state index in [0.29, 0.717) is 48.0 Å². The number of halogens is 3. The van der Waals surface area contributed by atoms with Crippen molar-refractivity contribution >= 4 is 17.3 Å². The van der Waals surface area contributed by atoms with Gasteiger partial charge in [0.05, 0.1) is 29.2 Å². The predicted molar refractivity (Wildman–Crippen MR) is 118 cm³/mol. The number of pyridine rings is 1. The molecule has 0 radical (unpaired) electrons. The van der Waals surface area contributed by atoms with Gasteiger partial charge in [-0.3, -0.25) is 4.79 Å². The van der Waals surface area contributed by atoms with Crippen molar-refractivity contribution in [3.8, 4) is 17.0 Å². The molecule has 2 unspecified atom stereocenters. The number of rotatable bonds is 5. The van der Waals surface area contributed by atoms with E-state index in [1.165, 1.54) is 18.2 Å². The van der Waals surface area contributed by atoms with Crippen molar-refractivity contribution in [3.05, 3.63) is 71.9 Å². The molecule has 0 spiro atoms. The minimum absolute atomic E-state index is 0.0750. The molecular formula is C24H22F3N3O4. The van der Waals surface area contributed by atoms with Crippen LogP contribution in [0.25, 0.3) is 11.3 Å². The molecule has 2 aromatic carbocycles. The molecule has 0 bridgehead atoms. The van der Waals surface area contributed by atoms with Crippen molar-refractivity contribution in [2.24, 2.45) is 5.73 Å². The Morgan fingerprint density at radius 2 is 1.82 bits per heavy atom. The van der Waals surface area contributed by atoms with Gasteiger partial charge in [0.25, 0.3) is 0 Å². The van der Waals surface area contributed by atoms with E-state index in [-0.39, 0.29) is 5.69 Å². The summed E-state index contributed by atoms with van der Waals surface area (Å²) < 4.78 is 44.7. The predicted octanol–water partition coefficient (Wildman–Crippen LogP) is 3.57. The van der Waals surface area contributed by atoms with Gasteiger partial charge in [0.1, 0.15) is 11.9 Å². The number of amides is 1. The molecule has 2 atom stereocenters. The average Bonchev–Trinajstić information content (AvgIpc) is 3.04. The van der Waals surface area contributed by atoms with Crippen LogP contribution in [0.15, 0.2) is 60.7 Å². The van der Waals surface area contributed by atoms with Crippen LogP contribution in [-0.2, 0) is 11.0 Å². The molecule has 1 amide bonds. The molecule has 4 rings (SSSR count). The summed E-state index contributed by atoms with van der Waals surface area (Å²) in [7, 11) is 0. The number of nitrogens with zero attached hydrogens (tertiary/aromatic N) is 2. The number of fused-ring (bicyclic) bond motifs is 1. The van der Waals surface area contributed by atoms with Gasteiger partial charge < -0.3 is 25.6 Å². The van der Waals surface area contributed by atoms with Crippen LogP contribution in [0.2, 0.25) is 0 Å². The molecule has 0 saturated carbocycles. The largest absolute Gasteiger partial charge is 0.491 e. The number of benzene rings is 2. The standard InChI is InChI=1S/C24H22F3N3O4/c25-24(26,27)15-6-8-16(9-7-15)30-11-2-12-34-20-13-14(5-10-19(20)30)17-3-1-4-18(29-17)21(31)22(32)23(28)33/h1,3-10,13,21-22,31-32H,2,11-12H2,(H2,28,33). The summed E-state index contributed by atoms with van der Waals surface area (Å²) >= 11 is 0. The first-order chi connectivity index (χ1) is 16.1. The molecule has 0 fully saturated rings. The topological polar surface area (TPSA) is 109 Å². The van der Waals surface area contributed by atoms with E-state index in [0.717, 1.165) is 12.1 Å². The van der Waals surface area contributed by atoms with Crippen molar-refractivity contribution in [2.75, 3.05) is 18.1 Å². The van der Waals surface area contributed by atoms with Gasteiger partial charge in [-0.1, -0.05) is 12.1 Å². The average molecular weight is 473 g/mol. The van der Waals surface area contributed by atoms with E-state index in [1.54, 1.807) is 30.3 Å². The Bertz CT molecular complexity index is 1180. The number of carbonyl (C=O) groups is 1. The quantitative estimate of drug-likeness (QED) is 0.523. The summed E-state index contributed by atoms with van der Waals surface area (Å²) in [6.07, 6.45) is -7.12. The van der Waals surface area contributed by atoms with Gasteiger partial charge in [0.2, 0.25) is 5.91 Å². The van der Waals surface area contributed by atoms with Crippen molar-refractivity contribution in [1.29, 1.82) is 0 Å². The third-order valence-electron chi connectivity index (χ3n) is 5.50. The fourth-order valence-corrected chi connectivity index (χ4v) is 3.73. The molecule has 178 valence electrons. The van der Waals surface area contributed by atoms with Gasteiger partial charge in [-0.15, -0.1) is 0 Å². The molecular weight excluding hydrogens is 451 g/mol. The van der Waals surface area contributed by atoms with Crippen molar-refractivity contribution in [1.82, 2.24) is 4.98 Å². The third-order valence-corrected chi connectivity index (χ3v) is 5.50. The normalized spacial score (nSPS) is 15.6. The summed E-state index contributed by atoms with van der Waals surface area (Å²) in [5.74, 6) is -0.540. The summed E-state index contributed by atoms with van der Waals surface area (Å²) in [5, 5.41) is 19.9. The fraction of sp³-hybridized carbons (Fsp3) is 0.250. The number of alkyl halides is 3. The van der Waals surface area contributed by atoms with E-state index >= 15 is 0 Å². The second-order valence-corrected chi connectivity index (χ2v) is 7.82. The fourth-order valence-electron chi connectivity index (χ4n) is 3.73. The maximum absolute atomic E-state index is 12.9. The molecule has 1 aromatic heterocycles. The Balaban J connectivity index is 1.66. The molecule has 0 saturated heterocycles. The molecule has 1 aliphatic heterocycles. The number of carbonyl (C=O) groups excluding carboxylic acids is 1. The highest BCUT2D eigenvalue weighted by Gasteiger charge is 2.30. The van der Waals surface area contributed by atoms with Crippen molar-refractivity contribution in [3.63, 3.8) is 0 Å². The van der Waals surface area contributed by atoms with Crippen LogP contribution in [0.5, 0.6) is 5.75 Å². The van der Waals surface area contributed by atoms with E-state index in [1.807, 2.05) is 4.90 Å². The van der Waals surface area contributed by atoms with E-state index in [2.05, 4.69) is 4.98 Å². The SMILES string of the molecule is NC(=O)C(O)C(O)c1cccc(-c2ccc3c(c2)OCCCN3c2ccc(C(F)(F)F)cc2)n1. The van der Waals surface area contributed by atoms with E-state index in [4.69, 9.17) is 10.5 Å². The monoisotopic (exact) mass is 473 g/mol. The maximum atomic E-state index is 12.9. The maximum Gasteiger partial charge on any atom is 0.416 e. The summed E-state index contributed by atoms with van der Waals surface area (Å²) in [5.41, 5.74) is 6.83. The highest BCUT2D eigenvalue weighted by atomic mass is 19.4. The molecule has 7 nitrogen and oxygen atoms in total. The molecule has 3 aromatic rings. The Kier molecular flexibility index (Phi) is 6.45. The smallest absolute Gasteiger partial charge is 0.416 e. The minimum atomic E-state index is -4.41. The first kappa shape index (κ1) is 23.5. The number of aliphatic hydroxyl groups is 2. The van der Waals surface area contributed by atoms with Gasteiger partial charge in [0.15, 0.2) is 6.10 Å². The Morgan fingerprint density at radius 1 is 1.09 bits per heavy atom. The lowest BCUT2D eigenvalue weighted by Gasteiger charge is -2.24. The number of ether oxygens (including phenoxy) is 1. The number of primary amides is 1.